The molecule has 0 bridgehead atoms. The van der Waals surface area contributed by atoms with Gasteiger partial charge in [0.25, 0.3) is 5.91 Å². The summed E-state index contributed by atoms with van der Waals surface area (Å²) in [5, 5.41) is 3.00. The molecule has 0 atom stereocenters. The predicted molar refractivity (Wildman–Crippen MR) is 90.4 cm³/mol. The second-order valence-corrected chi connectivity index (χ2v) is 5.81. The number of imidazole rings is 1. The third kappa shape index (κ3) is 4.14. The Labute approximate surface area is 145 Å². The Morgan fingerprint density at radius 3 is 2.72 bits per heavy atom. The maximum atomic E-state index is 12.4. The molecular weight excluding hydrogens is 322 g/mol. The van der Waals surface area contributed by atoms with Crippen molar-refractivity contribution in [2.45, 2.75) is 25.8 Å². The van der Waals surface area contributed by atoms with E-state index in [9.17, 15) is 9.59 Å². The van der Waals surface area contributed by atoms with Crippen molar-refractivity contribution < 1.29 is 14.3 Å². The number of nitrogens with zero attached hydrogens (tertiary/aromatic N) is 4. The van der Waals surface area contributed by atoms with Crippen LogP contribution < -0.4 is 5.32 Å². The molecule has 3 rings (SSSR count). The molecule has 2 aromatic rings. The summed E-state index contributed by atoms with van der Waals surface area (Å²) < 4.78 is 6.76. The Balaban J connectivity index is 1.52. The fourth-order valence-electron chi connectivity index (χ4n) is 2.76. The quantitative estimate of drug-likeness (QED) is 0.911. The molecule has 1 aliphatic heterocycles. The average Bonchev–Trinajstić information content (AvgIpc) is 3.17. The van der Waals surface area contributed by atoms with Crippen molar-refractivity contribution >= 4 is 12.0 Å². The number of amides is 2. The van der Waals surface area contributed by atoms with Gasteiger partial charge in [0.15, 0.2) is 0 Å². The van der Waals surface area contributed by atoms with Gasteiger partial charge in [0.05, 0.1) is 12.2 Å². The van der Waals surface area contributed by atoms with E-state index >= 15 is 0 Å². The second-order valence-electron chi connectivity index (χ2n) is 5.81. The third-order valence-electron chi connectivity index (χ3n) is 4.14. The van der Waals surface area contributed by atoms with Crippen LogP contribution in [0.4, 0.5) is 4.79 Å². The number of pyridine rings is 1. The van der Waals surface area contributed by atoms with Crippen LogP contribution in [0.3, 0.4) is 0 Å². The maximum absolute atomic E-state index is 12.4. The van der Waals surface area contributed by atoms with Gasteiger partial charge in [-0.15, -0.1) is 0 Å². The molecular formula is C17H21N5O3. The van der Waals surface area contributed by atoms with E-state index in [1.165, 1.54) is 0 Å². The summed E-state index contributed by atoms with van der Waals surface area (Å²) in [6, 6.07) is 3.57. The molecule has 0 unspecified atom stereocenters. The highest BCUT2D eigenvalue weighted by molar-refractivity contribution is 5.94. The molecule has 3 heterocycles. The zero-order chi connectivity index (χ0) is 17.6. The van der Waals surface area contributed by atoms with E-state index in [0.717, 1.165) is 0 Å². The number of hydrogen-bond donors (Lipinski definition) is 1. The number of rotatable bonds is 4. The number of piperidine rings is 1. The number of carbonyl (C=O) groups excluding carboxylic acids is 2. The van der Waals surface area contributed by atoms with Crippen molar-refractivity contribution in [3.05, 3.63) is 42.6 Å². The monoisotopic (exact) mass is 343 g/mol. The SMILES string of the molecule is CCOC(=O)N1CCC(NC(=O)c2ccc(-n3ccnc3)nc2)CC1. The van der Waals surface area contributed by atoms with Crippen LogP contribution in [0.25, 0.3) is 5.82 Å². The molecule has 25 heavy (non-hydrogen) atoms. The smallest absolute Gasteiger partial charge is 0.409 e. The van der Waals surface area contributed by atoms with Crippen LogP contribution in [-0.2, 0) is 4.74 Å². The minimum atomic E-state index is -0.286. The highest BCUT2D eigenvalue weighted by Gasteiger charge is 2.24. The molecule has 0 radical (unpaired) electrons. The minimum absolute atomic E-state index is 0.0477. The molecule has 1 N–H and O–H groups in total. The Bertz CT molecular complexity index is 706. The summed E-state index contributed by atoms with van der Waals surface area (Å²) >= 11 is 0. The predicted octanol–water partition coefficient (Wildman–Crippen LogP) is 1.62. The molecule has 8 heteroatoms. The highest BCUT2D eigenvalue weighted by Crippen LogP contribution is 2.13. The van der Waals surface area contributed by atoms with Crippen molar-refractivity contribution in [2.75, 3.05) is 19.7 Å². The molecule has 2 aromatic heterocycles. The average molecular weight is 343 g/mol. The zero-order valence-corrected chi connectivity index (χ0v) is 14.1. The largest absolute Gasteiger partial charge is 0.450 e. The van der Waals surface area contributed by atoms with Crippen molar-refractivity contribution in [3.8, 4) is 5.82 Å². The molecule has 0 saturated carbocycles. The van der Waals surface area contributed by atoms with Gasteiger partial charge in [0, 0.05) is 37.7 Å². The summed E-state index contributed by atoms with van der Waals surface area (Å²) in [6.45, 7) is 3.33. The Hall–Kier alpha value is -2.90. The first-order chi connectivity index (χ1) is 12.2. The summed E-state index contributed by atoms with van der Waals surface area (Å²) in [7, 11) is 0. The first-order valence-corrected chi connectivity index (χ1v) is 8.34. The number of nitrogens with one attached hydrogen (secondary N) is 1. The van der Waals surface area contributed by atoms with Crippen LogP contribution in [0.1, 0.15) is 30.1 Å². The molecule has 0 aromatic carbocycles. The van der Waals surface area contributed by atoms with Crippen LogP contribution in [-0.4, -0.2) is 57.2 Å². The van der Waals surface area contributed by atoms with Gasteiger partial charge >= 0.3 is 6.09 Å². The van der Waals surface area contributed by atoms with Gasteiger partial charge in [-0.05, 0) is 31.9 Å². The number of carbonyl (C=O) groups is 2. The summed E-state index contributed by atoms with van der Waals surface area (Å²) in [6.07, 6.45) is 7.81. The lowest BCUT2D eigenvalue weighted by atomic mass is 10.0. The van der Waals surface area contributed by atoms with Crippen molar-refractivity contribution in [1.29, 1.82) is 0 Å². The van der Waals surface area contributed by atoms with Crippen LogP contribution in [0.5, 0.6) is 0 Å². The molecule has 2 amide bonds. The lowest BCUT2D eigenvalue weighted by Crippen LogP contribution is -2.46. The Kier molecular flexibility index (Phi) is 5.27. The van der Waals surface area contributed by atoms with E-state index < -0.39 is 0 Å². The summed E-state index contributed by atoms with van der Waals surface area (Å²) in [5.74, 6) is 0.552. The molecule has 132 valence electrons. The van der Waals surface area contributed by atoms with Gasteiger partial charge in [0.2, 0.25) is 0 Å². The van der Waals surface area contributed by atoms with E-state index in [-0.39, 0.29) is 18.0 Å². The highest BCUT2D eigenvalue weighted by atomic mass is 16.6. The number of hydrogen-bond acceptors (Lipinski definition) is 5. The van der Waals surface area contributed by atoms with E-state index in [1.54, 1.807) is 53.4 Å². The fraction of sp³-hybridized carbons (Fsp3) is 0.412. The molecule has 1 fully saturated rings. The first-order valence-electron chi connectivity index (χ1n) is 8.34. The Morgan fingerprint density at radius 1 is 1.32 bits per heavy atom. The van der Waals surface area contributed by atoms with Gasteiger partial charge in [-0.1, -0.05) is 0 Å². The Morgan fingerprint density at radius 2 is 2.12 bits per heavy atom. The number of aromatic nitrogens is 3. The third-order valence-corrected chi connectivity index (χ3v) is 4.14. The van der Waals surface area contributed by atoms with E-state index in [4.69, 9.17) is 4.74 Å². The fourth-order valence-corrected chi connectivity index (χ4v) is 2.76. The van der Waals surface area contributed by atoms with Crippen LogP contribution in [0, 0.1) is 0 Å². The van der Waals surface area contributed by atoms with Crippen LogP contribution in [0.2, 0.25) is 0 Å². The topological polar surface area (TPSA) is 89.4 Å². The number of ether oxygens (including phenoxy) is 1. The van der Waals surface area contributed by atoms with Gasteiger partial charge in [-0.25, -0.2) is 14.8 Å². The van der Waals surface area contributed by atoms with Crippen LogP contribution in [0.15, 0.2) is 37.1 Å². The first kappa shape index (κ1) is 16.9. The molecule has 0 aliphatic carbocycles. The van der Waals surface area contributed by atoms with E-state index in [1.807, 2.05) is 0 Å². The van der Waals surface area contributed by atoms with Gasteiger partial charge in [-0.3, -0.25) is 9.36 Å². The number of likely N-dealkylation sites (tertiary alicyclic amines) is 1. The molecule has 1 saturated heterocycles. The molecule has 8 nitrogen and oxygen atoms in total. The van der Waals surface area contributed by atoms with Crippen molar-refractivity contribution in [1.82, 2.24) is 24.8 Å². The minimum Gasteiger partial charge on any atom is -0.450 e. The molecule has 0 spiro atoms. The standard InChI is InChI=1S/C17H21N5O3/c1-2-25-17(24)21-8-5-14(6-9-21)20-16(23)13-3-4-15(19-11-13)22-10-7-18-12-22/h3-4,7,10-12,14H,2,5-6,8-9H2,1H3,(H,20,23). The van der Waals surface area contributed by atoms with Gasteiger partial charge in [0.1, 0.15) is 12.1 Å². The summed E-state index contributed by atoms with van der Waals surface area (Å²) in [5.41, 5.74) is 0.511. The van der Waals surface area contributed by atoms with Crippen molar-refractivity contribution in [3.63, 3.8) is 0 Å². The van der Waals surface area contributed by atoms with Crippen molar-refractivity contribution in [2.24, 2.45) is 0 Å². The lowest BCUT2D eigenvalue weighted by molar-refractivity contribution is 0.0860. The normalized spacial score (nSPS) is 15.0. The summed E-state index contributed by atoms with van der Waals surface area (Å²) in [4.78, 5) is 34.0. The second kappa shape index (κ2) is 7.78. The zero-order valence-electron chi connectivity index (χ0n) is 14.1. The molecule has 1 aliphatic rings. The van der Waals surface area contributed by atoms with E-state index in [0.29, 0.717) is 43.9 Å². The van der Waals surface area contributed by atoms with Gasteiger partial charge in [-0.2, -0.15) is 0 Å². The maximum Gasteiger partial charge on any atom is 0.409 e. The van der Waals surface area contributed by atoms with Gasteiger partial charge < -0.3 is 15.0 Å². The lowest BCUT2D eigenvalue weighted by Gasteiger charge is -2.31. The van der Waals surface area contributed by atoms with E-state index in [2.05, 4.69) is 15.3 Å². The van der Waals surface area contributed by atoms with Crippen LogP contribution >= 0.6 is 0 Å².